The predicted molar refractivity (Wildman–Crippen MR) is 54.9 cm³/mol. The van der Waals surface area contributed by atoms with E-state index in [9.17, 15) is 4.79 Å². The fourth-order valence-electron chi connectivity index (χ4n) is 5.32. The van der Waals surface area contributed by atoms with Gasteiger partial charge in [-0.1, -0.05) is 0 Å². The first-order chi connectivity index (χ1) is 7.29. The first kappa shape index (κ1) is 8.60. The molecule has 4 aliphatic rings. The van der Waals surface area contributed by atoms with Gasteiger partial charge in [-0.2, -0.15) is 0 Å². The molecule has 0 saturated heterocycles. The zero-order valence-corrected chi connectivity index (χ0v) is 9.19. The summed E-state index contributed by atoms with van der Waals surface area (Å²) < 4.78 is 4.93. The van der Waals surface area contributed by atoms with Gasteiger partial charge in [0.1, 0.15) is 0 Å². The summed E-state index contributed by atoms with van der Waals surface area (Å²) in [4.78, 5) is 11.7. The second-order valence-electron chi connectivity index (χ2n) is 6.16. The number of hydrogen-bond donors (Lipinski definition) is 0. The van der Waals surface area contributed by atoms with E-state index in [0.29, 0.717) is 5.92 Å². The standard InChI is InChI=1S/C13H18O2/c1-15-13(14)11-5-7-4-9(11)10-3-6-2-8(6)12(7)10/h6-12H,2-5H2,1H3. The van der Waals surface area contributed by atoms with Crippen LogP contribution in [0.3, 0.4) is 0 Å². The molecule has 0 aromatic carbocycles. The predicted octanol–water partition coefficient (Wildman–Crippen LogP) is 2.09. The molecule has 0 aromatic rings. The van der Waals surface area contributed by atoms with E-state index >= 15 is 0 Å². The minimum absolute atomic E-state index is 0.0709. The van der Waals surface area contributed by atoms with Crippen molar-refractivity contribution in [2.75, 3.05) is 7.11 Å². The van der Waals surface area contributed by atoms with E-state index in [1.165, 1.54) is 26.4 Å². The van der Waals surface area contributed by atoms with E-state index < -0.39 is 0 Å². The Morgan fingerprint density at radius 1 is 1.00 bits per heavy atom. The van der Waals surface area contributed by atoms with Crippen molar-refractivity contribution in [2.45, 2.75) is 25.7 Å². The van der Waals surface area contributed by atoms with Crippen molar-refractivity contribution in [3.8, 4) is 0 Å². The van der Waals surface area contributed by atoms with Gasteiger partial charge < -0.3 is 4.74 Å². The van der Waals surface area contributed by atoms with Crippen LogP contribution in [0, 0.1) is 41.4 Å². The molecule has 0 spiro atoms. The third kappa shape index (κ3) is 0.938. The van der Waals surface area contributed by atoms with Gasteiger partial charge >= 0.3 is 5.97 Å². The molecule has 2 nitrogen and oxygen atoms in total. The summed E-state index contributed by atoms with van der Waals surface area (Å²) >= 11 is 0. The molecular weight excluding hydrogens is 188 g/mol. The largest absolute Gasteiger partial charge is 0.469 e. The Hall–Kier alpha value is -0.530. The lowest BCUT2D eigenvalue weighted by Gasteiger charge is -2.31. The molecule has 4 fully saturated rings. The Labute approximate surface area is 90.4 Å². The van der Waals surface area contributed by atoms with Crippen LogP contribution >= 0.6 is 0 Å². The Morgan fingerprint density at radius 2 is 1.73 bits per heavy atom. The van der Waals surface area contributed by atoms with Gasteiger partial charge in [0.05, 0.1) is 13.0 Å². The van der Waals surface area contributed by atoms with E-state index in [-0.39, 0.29) is 11.9 Å². The van der Waals surface area contributed by atoms with Crippen molar-refractivity contribution >= 4 is 5.97 Å². The van der Waals surface area contributed by atoms with Crippen LogP contribution in [0.5, 0.6) is 0 Å². The summed E-state index contributed by atoms with van der Waals surface area (Å²) in [5, 5.41) is 0. The smallest absolute Gasteiger partial charge is 0.308 e. The lowest BCUT2D eigenvalue weighted by Crippen LogP contribution is -2.31. The Balaban J connectivity index is 1.60. The van der Waals surface area contributed by atoms with Crippen LogP contribution in [0.1, 0.15) is 25.7 Å². The fraction of sp³-hybridized carbons (Fsp3) is 0.923. The fourth-order valence-corrected chi connectivity index (χ4v) is 5.32. The maximum atomic E-state index is 11.7. The number of esters is 1. The molecule has 0 N–H and O–H groups in total. The normalized spacial score (nSPS) is 58.9. The molecule has 0 heterocycles. The van der Waals surface area contributed by atoms with Crippen LogP contribution in [0.25, 0.3) is 0 Å². The summed E-state index contributed by atoms with van der Waals surface area (Å²) in [6, 6.07) is 0. The second-order valence-corrected chi connectivity index (χ2v) is 6.16. The molecule has 4 aliphatic carbocycles. The van der Waals surface area contributed by atoms with Gasteiger partial charge in [-0.15, -0.1) is 0 Å². The van der Waals surface area contributed by atoms with E-state index in [4.69, 9.17) is 4.74 Å². The molecule has 4 rings (SSSR count). The number of rotatable bonds is 1. The highest BCUT2D eigenvalue weighted by Gasteiger charge is 2.65. The molecule has 82 valence electrons. The van der Waals surface area contributed by atoms with Crippen LogP contribution in [0.15, 0.2) is 0 Å². The first-order valence-electron chi connectivity index (χ1n) is 6.37. The van der Waals surface area contributed by atoms with Crippen molar-refractivity contribution in [3.63, 3.8) is 0 Å². The van der Waals surface area contributed by atoms with E-state index in [1.54, 1.807) is 0 Å². The van der Waals surface area contributed by atoms with Crippen molar-refractivity contribution < 1.29 is 9.53 Å². The van der Waals surface area contributed by atoms with Gasteiger partial charge in [0, 0.05) is 0 Å². The summed E-state index contributed by atoms with van der Waals surface area (Å²) in [6.07, 6.45) is 5.41. The molecule has 7 unspecified atom stereocenters. The third-order valence-corrected chi connectivity index (χ3v) is 5.79. The minimum atomic E-state index is 0.0709. The number of methoxy groups -OCH3 is 1. The van der Waals surface area contributed by atoms with E-state index in [1.807, 2.05) is 0 Å². The van der Waals surface area contributed by atoms with Crippen molar-refractivity contribution in [1.82, 2.24) is 0 Å². The molecule has 4 saturated carbocycles. The summed E-state index contributed by atoms with van der Waals surface area (Å²) in [5.74, 6) is 5.95. The molecule has 0 radical (unpaired) electrons. The maximum absolute atomic E-state index is 11.7. The van der Waals surface area contributed by atoms with Gasteiger partial charge in [-0.25, -0.2) is 0 Å². The number of carbonyl (C=O) groups is 1. The lowest BCUT2D eigenvalue weighted by atomic mass is 9.73. The first-order valence-corrected chi connectivity index (χ1v) is 6.37. The zero-order valence-electron chi connectivity index (χ0n) is 9.19. The van der Waals surface area contributed by atoms with Crippen molar-refractivity contribution in [2.24, 2.45) is 41.4 Å². The average molecular weight is 206 g/mol. The van der Waals surface area contributed by atoms with Gasteiger partial charge in [0.2, 0.25) is 0 Å². The topological polar surface area (TPSA) is 26.3 Å². The highest BCUT2D eigenvalue weighted by Crippen LogP contribution is 2.71. The molecule has 0 aliphatic heterocycles. The summed E-state index contributed by atoms with van der Waals surface area (Å²) in [6.45, 7) is 0. The molecule has 2 bridgehead atoms. The Bertz CT molecular complexity index is 324. The zero-order chi connectivity index (χ0) is 10.2. The van der Waals surface area contributed by atoms with Gasteiger partial charge in [-0.05, 0) is 61.2 Å². The SMILES string of the molecule is COC(=O)C1CC2CC1C1CC3CC3C21. The Morgan fingerprint density at radius 3 is 2.53 bits per heavy atom. The molecule has 7 atom stereocenters. The van der Waals surface area contributed by atoms with Gasteiger partial charge in [0.25, 0.3) is 0 Å². The van der Waals surface area contributed by atoms with Crippen LogP contribution in [-0.4, -0.2) is 13.1 Å². The maximum Gasteiger partial charge on any atom is 0.308 e. The minimum Gasteiger partial charge on any atom is -0.469 e. The van der Waals surface area contributed by atoms with Gasteiger partial charge in [-0.3, -0.25) is 4.79 Å². The molecule has 0 aromatic heterocycles. The number of ether oxygens (including phenoxy) is 1. The quantitative estimate of drug-likeness (QED) is 0.614. The Kier molecular flexibility index (Phi) is 1.48. The van der Waals surface area contributed by atoms with Crippen LogP contribution in [0.4, 0.5) is 0 Å². The second kappa shape index (κ2) is 2.58. The number of carbonyl (C=O) groups excluding carboxylic acids is 1. The van der Waals surface area contributed by atoms with Crippen LogP contribution < -0.4 is 0 Å². The monoisotopic (exact) mass is 206 g/mol. The average Bonchev–Trinajstić information content (AvgIpc) is 2.69. The third-order valence-electron chi connectivity index (χ3n) is 5.79. The van der Waals surface area contributed by atoms with Crippen molar-refractivity contribution in [1.29, 1.82) is 0 Å². The van der Waals surface area contributed by atoms with E-state index in [2.05, 4.69) is 0 Å². The number of hydrogen-bond acceptors (Lipinski definition) is 2. The van der Waals surface area contributed by atoms with Crippen LogP contribution in [-0.2, 0) is 9.53 Å². The molecule has 0 amide bonds. The molecular formula is C13H18O2. The van der Waals surface area contributed by atoms with Crippen LogP contribution in [0.2, 0.25) is 0 Å². The number of fused-ring (bicyclic) bond motifs is 7. The highest BCUT2D eigenvalue weighted by molar-refractivity contribution is 5.73. The summed E-state index contributed by atoms with van der Waals surface area (Å²) in [5.41, 5.74) is 0. The molecule has 15 heavy (non-hydrogen) atoms. The van der Waals surface area contributed by atoms with Gasteiger partial charge in [0.15, 0.2) is 0 Å². The highest BCUT2D eigenvalue weighted by atomic mass is 16.5. The van der Waals surface area contributed by atoms with E-state index in [0.717, 1.165) is 36.0 Å². The molecule has 2 heteroatoms. The summed E-state index contributed by atoms with van der Waals surface area (Å²) in [7, 11) is 1.54. The van der Waals surface area contributed by atoms with Crippen molar-refractivity contribution in [3.05, 3.63) is 0 Å². The lowest BCUT2D eigenvalue weighted by molar-refractivity contribution is -0.148.